The number of amides is 1. The minimum Gasteiger partial charge on any atom is -0.486 e. The van der Waals surface area contributed by atoms with Crippen molar-refractivity contribution in [3.05, 3.63) is 59.4 Å². The molecule has 132 valence electrons. The largest absolute Gasteiger partial charge is 0.486 e. The van der Waals surface area contributed by atoms with Crippen LogP contribution in [-0.4, -0.2) is 32.2 Å². The molecular formula is C19H21FN2O3. The number of halogens is 1. The number of benzene rings is 2. The molecule has 0 atom stereocenters. The van der Waals surface area contributed by atoms with E-state index in [9.17, 15) is 9.18 Å². The molecule has 0 saturated carbocycles. The van der Waals surface area contributed by atoms with E-state index in [4.69, 9.17) is 9.47 Å². The van der Waals surface area contributed by atoms with Crippen molar-refractivity contribution in [2.45, 2.75) is 13.0 Å². The molecule has 1 aliphatic rings. The summed E-state index contributed by atoms with van der Waals surface area (Å²) in [6.45, 7) is 2.93. The minimum absolute atomic E-state index is 0.0813. The number of para-hydroxylation sites is 1. The van der Waals surface area contributed by atoms with Gasteiger partial charge >= 0.3 is 0 Å². The SMILES string of the molecule is O=C(Cc1ccc(F)cc1)NCCNCc1cccc2c1OCCO2. The summed E-state index contributed by atoms with van der Waals surface area (Å²) in [5.74, 6) is 1.19. The zero-order valence-electron chi connectivity index (χ0n) is 13.9. The second-order valence-corrected chi connectivity index (χ2v) is 5.77. The Morgan fingerprint density at radius 2 is 1.84 bits per heavy atom. The van der Waals surface area contributed by atoms with Crippen LogP contribution in [0.1, 0.15) is 11.1 Å². The van der Waals surface area contributed by atoms with Crippen LogP contribution in [0.25, 0.3) is 0 Å². The maximum absolute atomic E-state index is 12.8. The van der Waals surface area contributed by atoms with Crippen LogP contribution in [0.3, 0.4) is 0 Å². The summed E-state index contributed by atoms with van der Waals surface area (Å²) in [6, 6.07) is 11.8. The van der Waals surface area contributed by atoms with Crippen LogP contribution >= 0.6 is 0 Å². The first-order chi connectivity index (χ1) is 12.2. The highest BCUT2D eigenvalue weighted by Gasteiger charge is 2.14. The summed E-state index contributed by atoms with van der Waals surface area (Å²) in [5.41, 5.74) is 1.83. The maximum Gasteiger partial charge on any atom is 0.224 e. The van der Waals surface area contributed by atoms with Crippen LogP contribution in [0.2, 0.25) is 0 Å². The van der Waals surface area contributed by atoms with Crippen molar-refractivity contribution in [2.24, 2.45) is 0 Å². The average Bonchev–Trinajstić information content (AvgIpc) is 2.63. The second-order valence-electron chi connectivity index (χ2n) is 5.77. The predicted molar refractivity (Wildman–Crippen MR) is 92.3 cm³/mol. The topological polar surface area (TPSA) is 59.6 Å². The molecule has 2 N–H and O–H groups in total. The highest BCUT2D eigenvalue weighted by Crippen LogP contribution is 2.33. The number of ether oxygens (including phenoxy) is 2. The quantitative estimate of drug-likeness (QED) is 0.755. The van der Waals surface area contributed by atoms with Crippen LogP contribution in [0.5, 0.6) is 11.5 Å². The van der Waals surface area contributed by atoms with Gasteiger partial charge in [-0.15, -0.1) is 0 Å². The number of hydrogen-bond acceptors (Lipinski definition) is 4. The van der Waals surface area contributed by atoms with Crippen molar-refractivity contribution < 1.29 is 18.7 Å². The third kappa shape index (κ3) is 4.93. The third-order valence-corrected chi connectivity index (χ3v) is 3.87. The third-order valence-electron chi connectivity index (χ3n) is 3.87. The van der Waals surface area contributed by atoms with Crippen molar-refractivity contribution in [1.29, 1.82) is 0 Å². The molecule has 0 spiro atoms. The van der Waals surface area contributed by atoms with E-state index < -0.39 is 0 Å². The van der Waals surface area contributed by atoms with Crippen molar-refractivity contribution in [3.63, 3.8) is 0 Å². The normalized spacial score (nSPS) is 12.7. The lowest BCUT2D eigenvalue weighted by Crippen LogP contribution is -2.32. The first kappa shape index (κ1) is 17.2. The van der Waals surface area contributed by atoms with Crippen LogP contribution in [-0.2, 0) is 17.8 Å². The van der Waals surface area contributed by atoms with Crippen LogP contribution in [0.4, 0.5) is 4.39 Å². The van der Waals surface area contributed by atoms with Crippen LogP contribution in [0, 0.1) is 5.82 Å². The molecule has 2 aromatic carbocycles. The van der Waals surface area contributed by atoms with Gasteiger partial charge < -0.3 is 20.1 Å². The van der Waals surface area contributed by atoms with Gasteiger partial charge in [-0.3, -0.25) is 4.79 Å². The standard InChI is InChI=1S/C19H21FN2O3/c20-16-6-4-14(5-7-16)12-18(23)22-9-8-21-13-15-2-1-3-17-19(15)25-11-10-24-17/h1-7,21H,8-13H2,(H,22,23). The van der Waals surface area contributed by atoms with Crippen molar-refractivity contribution in [3.8, 4) is 11.5 Å². The van der Waals surface area contributed by atoms with E-state index >= 15 is 0 Å². The molecule has 0 radical (unpaired) electrons. The monoisotopic (exact) mass is 344 g/mol. The zero-order valence-corrected chi connectivity index (χ0v) is 13.9. The van der Waals surface area contributed by atoms with E-state index in [1.54, 1.807) is 12.1 Å². The fraction of sp³-hybridized carbons (Fsp3) is 0.316. The summed E-state index contributed by atoms with van der Waals surface area (Å²) < 4.78 is 24.0. The smallest absolute Gasteiger partial charge is 0.224 e. The Kier molecular flexibility index (Phi) is 5.85. The van der Waals surface area contributed by atoms with Gasteiger partial charge in [0, 0.05) is 25.2 Å². The molecule has 5 nitrogen and oxygen atoms in total. The molecule has 0 aliphatic carbocycles. The van der Waals surface area contributed by atoms with Gasteiger partial charge in [-0.25, -0.2) is 4.39 Å². The van der Waals surface area contributed by atoms with Gasteiger partial charge in [0.2, 0.25) is 5.91 Å². The van der Waals surface area contributed by atoms with E-state index in [2.05, 4.69) is 10.6 Å². The van der Waals surface area contributed by atoms with Crippen molar-refractivity contribution >= 4 is 5.91 Å². The Bertz CT molecular complexity index is 719. The summed E-state index contributed by atoms with van der Waals surface area (Å²) >= 11 is 0. The fourth-order valence-electron chi connectivity index (χ4n) is 2.64. The molecule has 3 rings (SSSR count). The van der Waals surface area contributed by atoms with Crippen LogP contribution in [0.15, 0.2) is 42.5 Å². The van der Waals surface area contributed by atoms with Crippen molar-refractivity contribution in [1.82, 2.24) is 10.6 Å². The first-order valence-corrected chi connectivity index (χ1v) is 8.32. The maximum atomic E-state index is 12.8. The lowest BCUT2D eigenvalue weighted by atomic mass is 10.1. The Morgan fingerprint density at radius 1 is 1.04 bits per heavy atom. The Labute approximate surface area is 146 Å². The Hall–Kier alpha value is -2.60. The molecule has 0 fully saturated rings. The number of hydrogen-bond donors (Lipinski definition) is 2. The fourth-order valence-corrected chi connectivity index (χ4v) is 2.64. The predicted octanol–water partition coefficient (Wildman–Crippen LogP) is 2.05. The molecule has 0 unspecified atom stereocenters. The van der Waals surface area contributed by atoms with Gasteiger partial charge in [-0.2, -0.15) is 0 Å². The Morgan fingerprint density at radius 3 is 2.68 bits per heavy atom. The van der Waals surface area contributed by atoms with Gasteiger partial charge in [0.15, 0.2) is 11.5 Å². The second kappa shape index (κ2) is 8.48. The number of fused-ring (bicyclic) bond motifs is 1. The summed E-state index contributed by atoms with van der Waals surface area (Å²) in [4.78, 5) is 11.9. The number of carbonyl (C=O) groups is 1. The van der Waals surface area contributed by atoms with Crippen molar-refractivity contribution in [2.75, 3.05) is 26.3 Å². The minimum atomic E-state index is -0.300. The lowest BCUT2D eigenvalue weighted by molar-refractivity contribution is -0.120. The van der Waals surface area contributed by atoms with E-state index in [0.717, 1.165) is 22.6 Å². The molecule has 0 bridgehead atoms. The van der Waals surface area contributed by atoms with Crippen LogP contribution < -0.4 is 20.1 Å². The van der Waals surface area contributed by atoms with E-state index in [1.807, 2.05) is 18.2 Å². The molecule has 6 heteroatoms. The Balaban J connectivity index is 1.37. The zero-order chi connectivity index (χ0) is 17.5. The highest BCUT2D eigenvalue weighted by atomic mass is 19.1. The van der Waals surface area contributed by atoms with Gasteiger partial charge in [0.25, 0.3) is 0 Å². The molecule has 0 aromatic heterocycles. The van der Waals surface area contributed by atoms with E-state index in [-0.39, 0.29) is 18.1 Å². The molecule has 1 aliphatic heterocycles. The molecule has 0 saturated heterocycles. The van der Waals surface area contributed by atoms with E-state index in [0.29, 0.717) is 32.8 Å². The lowest BCUT2D eigenvalue weighted by Gasteiger charge is -2.21. The summed E-state index contributed by atoms with van der Waals surface area (Å²) in [6.07, 6.45) is 0.248. The number of carbonyl (C=O) groups excluding carboxylic acids is 1. The number of nitrogens with one attached hydrogen (secondary N) is 2. The molecule has 1 amide bonds. The molecular weight excluding hydrogens is 323 g/mol. The molecule has 1 heterocycles. The average molecular weight is 344 g/mol. The molecule has 2 aromatic rings. The van der Waals surface area contributed by atoms with Gasteiger partial charge in [0.05, 0.1) is 6.42 Å². The summed E-state index contributed by atoms with van der Waals surface area (Å²) in [5, 5.41) is 6.12. The first-order valence-electron chi connectivity index (χ1n) is 8.32. The van der Waals surface area contributed by atoms with E-state index in [1.165, 1.54) is 12.1 Å². The molecule has 25 heavy (non-hydrogen) atoms. The highest BCUT2D eigenvalue weighted by molar-refractivity contribution is 5.78. The summed E-state index contributed by atoms with van der Waals surface area (Å²) in [7, 11) is 0. The number of rotatable bonds is 7. The van der Waals surface area contributed by atoms with Gasteiger partial charge in [0.1, 0.15) is 19.0 Å². The van der Waals surface area contributed by atoms with Gasteiger partial charge in [-0.1, -0.05) is 24.3 Å². The van der Waals surface area contributed by atoms with Gasteiger partial charge in [-0.05, 0) is 23.8 Å².